The quantitative estimate of drug-likeness (QED) is 0.764. The molecule has 0 spiro atoms. The molecule has 0 saturated carbocycles. The van der Waals surface area contributed by atoms with Crippen molar-refractivity contribution in [3.63, 3.8) is 0 Å². The normalized spacial score (nSPS) is 20.9. The molecule has 2 atom stereocenters. The average molecular weight is 272 g/mol. The molecular formula is C13H24N2O4. The molecule has 0 aromatic heterocycles. The molecule has 0 aromatic carbocycles. The van der Waals surface area contributed by atoms with Crippen LogP contribution in [0.5, 0.6) is 0 Å². The number of carbonyl (C=O) groups is 2. The SMILES string of the molecule is CCCC(CNC(=O)N1CCOCC1CC)C(=O)O. The summed E-state index contributed by atoms with van der Waals surface area (Å²) in [6.45, 7) is 5.80. The minimum absolute atomic E-state index is 0.0863. The standard InChI is InChI=1S/C13H24N2O4/c1-3-5-10(12(16)17)8-14-13(18)15-6-7-19-9-11(15)4-2/h10-11H,3-9H2,1-2H3,(H,14,18)(H,16,17). The number of morpholine rings is 1. The van der Waals surface area contributed by atoms with Gasteiger partial charge in [-0.1, -0.05) is 20.3 Å². The maximum atomic E-state index is 12.1. The van der Waals surface area contributed by atoms with Crippen LogP contribution in [0.1, 0.15) is 33.1 Å². The number of carboxylic acids is 1. The van der Waals surface area contributed by atoms with E-state index in [1.54, 1.807) is 4.90 Å². The highest BCUT2D eigenvalue weighted by atomic mass is 16.5. The van der Waals surface area contributed by atoms with E-state index in [2.05, 4.69) is 5.32 Å². The number of carbonyl (C=O) groups excluding carboxylic acids is 1. The molecule has 2 unspecified atom stereocenters. The molecule has 0 aliphatic carbocycles. The monoisotopic (exact) mass is 272 g/mol. The molecule has 6 heteroatoms. The Hall–Kier alpha value is -1.30. The first-order valence-electron chi connectivity index (χ1n) is 6.95. The van der Waals surface area contributed by atoms with Crippen molar-refractivity contribution in [1.29, 1.82) is 0 Å². The van der Waals surface area contributed by atoms with Crippen LogP contribution in [-0.4, -0.2) is 54.4 Å². The van der Waals surface area contributed by atoms with Gasteiger partial charge in [0.15, 0.2) is 0 Å². The Labute approximate surface area is 114 Å². The number of rotatable bonds is 6. The lowest BCUT2D eigenvalue weighted by atomic mass is 10.0. The Morgan fingerprint density at radius 3 is 2.79 bits per heavy atom. The van der Waals surface area contributed by atoms with E-state index in [1.165, 1.54) is 0 Å². The fraction of sp³-hybridized carbons (Fsp3) is 0.846. The molecule has 110 valence electrons. The number of aliphatic carboxylic acids is 1. The topological polar surface area (TPSA) is 78.9 Å². The van der Waals surface area contributed by atoms with Crippen molar-refractivity contribution in [3.05, 3.63) is 0 Å². The average Bonchev–Trinajstić information content (AvgIpc) is 2.42. The zero-order valence-electron chi connectivity index (χ0n) is 11.7. The van der Waals surface area contributed by atoms with Crippen LogP contribution in [0.15, 0.2) is 0 Å². The second-order valence-corrected chi connectivity index (χ2v) is 4.84. The predicted molar refractivity (Wildman–Crippen MR) is 71.0 cm³/mol. The van der Waals surface area contributed by atoms with Gasteiger partial charge in [-0.15, -0.1) is 0 Å². The van der Waals surface area contributed by atoms with Crippen molar-refractivity contribution in [3.8, 4) is 0 Å². The summed E-state index contributed by atoms with van der Waals surface area (Å²) in [6, 6.07) is -0.0966. The summed E-state index contributed by atoms with van der Waals surface area (Å²) < 4.78 is 5.34. The third-order valence-electron chi connectivity index (χ3n) is 3.45. The van der Waals surface area contributed by atoms with Crippen LogP contribution in [-0.2, 0) is 9.53 Å². The van der Waals surface area contributed by atoms with Crippen LogP contribution in [0, 0.1) is 5.92 Å². The molecule has 0 aromatic rings. The maximum absolute atomic E-state index is 12.1. The summed E-state index contributed by atoms with van der Waals surface area (Å²) >= 11 is 0. The Bertz CT molecular complexity index is 309. The van der Waals surface area contributed by atoms with Gasteiger partial charge in [0.2, 0.25) is 0 Å². The van der Waals surface area contributed by atoms with Gasteiger partial charge in [0, 0.05) is 13.1 Å². The van der Waals surface area contributed by atoms with Gasteiger partial charge in [0.25, 0.3) is 0 Å². The van der Waals surface area contributed by atoms with Crippen molar-refractivity contribution in [1.82, 2.24) is 10.2 Å². The van der Waals surface area contributed by atoms with E-state index in [4.69, 9.17) is 9.84 Å². The number of ether oxygens (including phenoxy) is 1. The van der Waals surface area contributed by atoms with E-state index in [0.717, 1.165) is 12.8 Å². The smallest absolute Gasteiger partial charge is 0.317 e. The lowest BCUT2D eigenvalue weighted by molar-refractivity contribution is -0.141. The van der Waals surface area contributed by atoms with E-state index in [1.807, 2.05) is 13.8 Å². The van der Waals surface area contributed by atoms with Crippen molar-refractivity contribution in [2.75, 3.05) is 26.3 Å². The molecule has 6 nitrogen and oxygen atoms in total. The summed E-state index contributed by atoms with van der Waals surface area (Å²) in [6.07, 6.45) is 2.21. The van der Waals surface area contributed by atoms with Crippen LogP contribution >= 0.6 is 0 Å². The van der Waals surface area contributed by atoms with Gasteiger partial charge in [-0.25, -0.2) is 4.79 Å². The van der Waals surface area contributed by atoms with Crippen LogP contribution in [0.2, 0.25) is 0 Å². The molecule has 1 aliphatic heterocycles. The number of urea groups is 1. The molecule has 1 heterocycles. The number of nitrogens with one attached hydrogen (secondary N) is 1. The number of hydrogen-bond donors (Lipinski definition) is 2. The summed E-state index contributed by atoms with van der Waals surface area (Å²) in [5, 5.41) is 11.8. The van der Waals surface area contributed by atoms with E-state index >= 15 is 0 Å². The molecule has 1 saturated heterocycles. The fourth-order valence-corrected chi connectivity index (χ4v) is 2.23. The minimum atomic E-state index is -0.851. The van der Waals surface area contributed by atoms with Gasteiger partial charge in [-0.3, -0.25) is 4.79 Å². The number of carboxylic acid groups (broad SMARTS) is 1. The molecule has 1 fully saturated rings. The summed E-state index contributed by atoms with van der Waals surface area (Å²) in [4.78, 5) is 24.8. The summed E-state index contributed by atoms with van der Waals surface area (Å²) in [5.74, 6) is -1.36. The molecular weight excluding hydrogens is 248 g/mol. The minimum Gasteiger partial charge on any atom is -0.481 e. The Morgan fingerprint density at radius 2 is 2.21 bits per heavy atom. The van der Waals surface area contributed by atoms with Crippen molar-refractivity contribution >= 4 is 12.0 Å². The second-order valence-electron chi connectivity index (χ2n) is 4.84. The largest absolute Gasteiger partial charge is 0.481 e. The molecule has 0 radical (unpaired) electrons. The third kappa shape index (κ3) is 4.70. The Balaban J connectivity index is 2.46. The van der Waals surface area contributed by atoms with Crippen LogP contribution in [0.4, 0.5) is 4.79 Å². The number of nitrogens with zero attached hydrogens (tertiary/aromatic N) is 1. The van der Waals surface area contributed by atoms with Gasteiger partial charge in [-0.2, -0.15) is 0 Å². The molecule has 0 bridgehead atoms. The van der Waals surface area contributed by atoms with E-state index in [0.29, 0.717) is 26.2 Å². The number of hydrogen-bond acceptors (Lipinski definition) is 3. The summed E-state index contributed by atoms with van der Waals surface area (Å²) in [5.41, 5.74) is 0. The predicted octanol–water partition coefficient (Wildman–Crippen LogP) is 1.31. The Kier molecular flexibility index (Phi) is 6.62. The highest BCUT2D eigenvalue weighted by Gasteiger charge is 2.26. The second kappa shape index (κ2) is 7.99. The van der Waals surface area contributed by atoms with Gasteiger partial charge in [0.05, 0.1) is 25.2 Å². The molecule has 1 aliphatic rings. The first-order chi connectivity index (χ1) is 9.10. The highest BCUT2D eigenvalue weighted by Crippen LogP contribution is 2.11. The molecule has 1 rings (SSSR count). The van der Waals surface area contributed by atoms with Crippen molar-refractivity contribution in [2.24, 2.45) is 5.92 Å². The van der Waals surface area contributed by atoms with E-state index in [9.17, 15) is 9.59 Å². The van der Waals surface area contributed by atoms with Gasteiger partial charge in [-0.05, 0) is 12.8 Å². The van der Waals surface area contributed by atoms with Crippen molar-refractivity contribution in [2.45, 2.75) is 39.2 Å². The molecule has 2 N–H and O–H groups in total. The van der Waals surface area contributed by atoms with E-state index in [-0.39, 0.29) is 18.6 Å². The zero-order chi connectivity index (χ0) is 14.3. The van der Waals surface area contributed by atoms with Gasteiger partial charge < -0.3 is 20.1 Å². The van der Waals surface area contributed by atoms with E-state index < -0.39 is 11.9 Å². The lowest BCUT2D eigenvalue weighted by Gasteiger charge is -2.35. The first-order valence-corrected chi connectivity index (χ1v) is 6.95. The van der Waals surface area contributed by atoms with Crippen molar-refractivity contribution < 1.29 is 19.4 Å². The highest BCUT2D eigenvalue weighted by molar-refractivity contribution is 5.76. The van der Waals surface area contributed by atoms with Crippen LogP contribution in [0.25, 0.3) is 0 Å². The van der Waals surface area contributed by atoms with Gasteiger partial charge in [0.1, 0.15) is 0 Å². The summed E-state index contributed by atoms with van der Waals surface area (Å²) in [7, 11) is 0. The lowest BCUT2D eigenvalue weighted by Crippen LogP contribution is -2.53. The third-order valence-corrected chi connectivity index (χ3v) is 3.45. The van der Waals surface area contributed by atoms with Crippen LogP contribution < -0.4 is 5.32 Å². The Morgan fingerprint density at radius 1 is 1.47 bits per heavy atom. The molecule has 2 amide bonds. The first kappa shape index (κ1) is 15.8. The maximum Gasteiger partial charge on any atom is 0.317 e. The van der Waals surface area contributed by atoms with Gasteiger partial charge >= 0.3 is 12.0 Å². The zero-order valence-corrected chi connectivity index (χ0v) is 11.7. The molecule has 19 heavy (non-hydrogen) atoms. The fourth-order valence-electron chi connectivity index (χ4n) is 2.23. The number of amides is 2. The van der Waals surface area contributed by atoms with Crippen LogP contribution in [0.3, 0.4) is 0 Å².